The van der Waals surface area contributed by atoms with E-state index in [1.807, 2.05) is 39.1 Å². The first-order chi connectivity index (χ1) is 23.0. The van der Waals surface area contributed by atoms with Crippen LogP contribution in [0.5, 0.6) is 0 Å². The Balaban J connectivity index is 1.32. The van der Waals surface area contributed by atoms with E-state index in [1.54, 1.807) is 30.3 Å². The van der Waals surface area contributed by atoms with Gasteiger partial charge in [0.2, 0.25) is 0 Å². The summed E-state index contributed by atoms with van der Waals surface area (Å²) in [6, 6.07) is 13.6. The van der Waals surface area contributed by atoms with Crippen LogP contribution >= 0.6 is 0 Å². The highest BCUT2D eigenvalue weighted by atomic mass is 19.1. The first kappa shape index (κ1) is 32.9. The smallest absolute Gasteiger partial charge is 0.290 e. The number of carbonyl (C=O) groups is 1. The number of pyridine rings is 1. The van der Waals surface area contributed by atoms with Crippen LogP contribution in [0.1, 0.15) is 56.2 Å². The lowest BCUT2D eigenvalue weighted by Crippen LogP contribution is -2.36. The van der Waals surface area contributed by atoms with Crippen LogP contribution in [0.15, 0.2) is 70.5 Å². The summed E-state index contributed by atoms with van der Waals surface area (Å²) < 4.78 is 17.6. The normalized spacial score (nSPS) is 14.3. The zero-order valence-corrected chi connectivity index (χ0v) is 27.4. The summed E-state index contributed by atoms with van der Waals surface area (Å²) in [5.41, 5.74) is 2.12. The van der Waals surface area contributed by atoms with E-state index in [0.717, 1.165) is 47.9 Å². The Morgan fingerprint density at radius 3 is 2.50 bits per heavy atom. The van der Waals surface area contributed by atoms with Crippen molar-refractivity contribution in [2.45, 2.75) is 51.6 Å². The number of aromatic nitrogens is 5. The zero-order chi connectivity index (χ0) is 34.2. The molecule has 0 bridgehead atoms. The van der Waals surface area contributed by atoms with Gasteiger partial charge in [-0.05, 0) is 78.7 Å². The molecule has 0 radical (unpaired) electrons. The molecule has 1 aliphatic rings. The van der Waals surface area contributed by atoms with E-state index in [2.05, 4.69) is 25.3 Å². The highest BCUT2D eigenvalue weighted by Crippen LogP contribution is 2.31. The van der Waals surface area contributed by atoms with Gasteiger partial charge in [0.15, 0.2) is 0 Å². The molecule has 13 heteroatoms. The van der Waals surface area contributed by atoms with Gasteiger partial charge in [-0.2, -0.15) is 14.9 Å². The summed E-state index contributed by atoms with van der Waals surface area (Å²) in [5, 5.41) is 22.8. The number of fused-ring (bicyclic) bond motifs is 1. The fourth-order valence-electron chi connectivity index (χ4n) is 6.26. The van der Waals surface area contributed by atoms with Gasteiger partial charge in [0, 0.05) is 29.8 Å². The molecule has 1 saturated heterocycles. The average Bonchev–Trinajstić information content (AvgIpc) is 3.07. The van der Waals surface area contributed by atoms with Crippen LogP contribution in [0.25, 0.3) is 27.7 Å². The van der Waals surface area contributed by atoms with Gasteiger partial charge in [0.05, 0.1) is 35.8 Å². The summed E-state index contributed by atoms with van der Waals surface area (Å²) in [5.74, 6) is 0.185. The van der Waals surface area contributed by atoms with Gasteiger partial charge in [-0.25, -0.2) is 14.1 Å². The number of hydrogen-bond acceptors (Lipinski definition) is 9. The van der Waals surface area contributed by atoms with Crippen LogP contribution in [0, 0.1) is 5.82 Å². The van der Waals surface area contributed by atoms with Crippen LogP contribution in [-0.4, -0.2) is 61.2 Å². The lowest BCUT2D eigenvalue weighted by Gasteiger charge is -2.30. The second-order valence-corrected chi connectivity index (χ2v) is 13.2. The predicted octanol–water partition coefficient (Wildman–Crippen LogP) is 3.94. The Hall–Kier alpha value is -5.01. The van der Waals surface area contributed by atoms with Gasteiger partial charge in [-0.15, -0.1) is 0 Å². The van der Waals surface area contributed by atoms with E-state index >= 15 is 4.39 Å². The molecule has 6 rings (SSSR count). The van der Waals surface area contributed by atoms with Crippen LogP contribution in [-0.2, 0) is 23.9 Å². The Bertz CT molecular complexity index is 2120. The molecule has 11 nitrogen and oxygen atoms in total. The molecule has 0 amide bonds. The Kier molecular flexibility index (Phi) is 9.08. The molecular formula is C35H37BFN7O4. The number of nitrogens with zero attached hydrogens (tertiary/aromatic N) is 6. The Morgan fingerprint density at radius 1 is 1.06 bits per heavy atom. The fraction of sp³-hybridized carbons (Fsp3) is 0.314. The molecule has 1 aliphatic heterocycles. The Labute approximate surface area is 277 Å². The summed E-state index contributed by atoms with van der Waals surface area (Å²) in [6.07, 6.45) is 6.08. The second-order valence-electron chi connectivity index (χ2n) is 13.2. The first-order valence-electron chi connectivity index (χ1n) is 15.9. The molecule has 246 valence electrons. The third-order valence-corrected chi connectivity index (χ3v) is 9.02. The number of rotatable bonds is 8. The van der Waals surface area contributed by atoms with E-state index in [0.29, 0.717) is 41.4 Å². The van der Waals surface area contributed by atoms with Crippen molar-refractivity contribution in [3.8, 4) is 16.9 Å². The molecule has 2 aromatic carbocycles. The number of aliphatic hydroxyl groups is 1. The highest BCUT2D eigenvalue weighted by Gasteiger charge is 2.23. The maximum Gasteiger partial charge on any atom is 0.290 e. The maximum absolute atomic E-state index is 15.4. The quantitative estimate of drug-likeness (QED) is 0.189. The van der Waals surface area contributed by atoms with Crippen LogP contribution < -0.4 is 16.4 Å². The van der Waals surface area contributed by atoms with Crippen molar-refractivity contribution in [1.29, 1.82) is 0 Å². The molecule has 1 fully saturated rings. The zero-order valence-electron chi connectivity index (χ0n) is 27.4. The monoisotopic (exact) mass is 649 g/mol. The number of benzene rings is 2. The molecule has 0 saturated carbocycles. The number of anilines is 2. The number of aliphatic hydroxyl groups excluding tert-OH is 1. The minimum absolute atomic E-state index is 0.0964. The molecule has 3 aromatic heterocycles. The van der Waals surface area contributed by atoms with Gasteiger partial charge >= 0.3 is 0 Å². The minimum atomic E-state index is -0.658. The summed E-state index contributed by atoms with van der Waals surface area (Å²) in [7, 11) is 1.98. The number of aryl methyl sites for hydroxylation is 1. The van der Waals surface area contributed by atoms with Crippen LogP contribution in [0.4, 0.5) is 15.9 Å². The molecular weight excluding hydrogens is 612 g/mol. The summed E-state index contributed by atoms with van der Waals surface area (Å²) in [6.45, 7) is 7.13. The first-order valence-corrected chi connectivity index (χ1v) is 15.9. The molecule has 5 aromatic rings. The van der Waals surface area contributed by atoms with E-state index in [9.17, 15) is 19.5 Å². The molecule has 2 N–H and O–H groups in total. The lowest BCUT2D eigenvalue weighted by atomic mass is 9.84. The largest absolute Gasteiger partial charge is 0.392 e. The number of hydrogen-bond donors (Lipinski definition) is 2. The number of carbonyl (C=O) groups excluding carboxylic acids is 1. The van der Waals surface area contributed by atoms with Crippen molar-refractivity contribution < 1.29 is 14.3 Å². The topological polar surface area (TPSA) is 135 Å². The van der Waals surface area contributed by atoms with Gasteiger partial charge in [0.25, 0.3) is 18.5 Å². The van der Waals surface area contributed by atoms with Crippen LogP contribution in [0.3, 0.4) is 0 Å². The van der Waals surface area contributed by atoms with Crippen molar-refractivity contribution in [3.05, 3.63) is 104 Å². The lowest BCUT2D eigenvalue weighted by molar-refractivity contribution is 0.281. The molecule has 48 heavy (non-hydrogen) atoms. The van der Waals surface area contributed by atoms with Crippen molar-refractivity contribution >= 4 is 35.9 Å². The molecule has 0 spiro atoms. The number of nitrogens with one attached hydrogen (secondary N) is 1. The van der Waals surface area contributed by atoms with Gasteiger partial charge in [0.1, 0.15) is 17.3 Å². The molecule has 0 atom stereocenters. The fourth-order valence-corrected chi connectivity index (χ4v) is 6.26. The number of halogens is 1. The maximum atomic E-state index is 15.4. The van der Waals surface area contributed by atoms with Crippen molar-refractivity contribution in [1.82, 2.24) is 29.4 Å². The predicted molar refractivity (Wildman–Crippen MR) is 185 cm³/mol. The standard InChI is InChI=1S/C35H37BFN7O4/c1-35(2,3)24-14-23-18-39-44(34(48)32(23)27(37)15-24)30-7-5-6-25(26(30)19-45)28-16-29(33(47)42(4)41-28)40-31-9-8-22(17-38-31)21-10-12-43(13-11-21)36-20-46/h5-9,14-18,20-21,36,45H,10-13,19H2,1-4H3,(H,38,40). The van der Waals surface area contributed by atoms with Gasteiger partial charge in [-0.3, -0.25) is 9.59 Å². The van der Waals surface area contributed by atoms with Gasteiger partial charge < -0.3 is 20.0 Å². The minimum Gasteiger partial charge on any atom is -0.392 e. The SMILES string of the molecule is Cn1nc(-c2cccc(-n3ncc4cc(C(C)(C)C)cc(F)c4c3=O)c2CO)cc(Nc2ccc(C3CCN(BC=O)CC3)cn2)c1=O. The van der Waals surface area contributed by atoms with Crippen molar-refractivity contribution in [3.63, 3.8) is 0 Å². The second kappa shape index (κ2) is 13.2. The third kappa shape index (κ3) is 6.43. The van der Waals surface area contributed by atoms with E-state index in [-0.39, 0.29) is 27.7 Å². The van der Waals surface area contributed by atoms with Crippen molar-refractivity contribution in [2.24, 2.45) is 7.05 Å². The highest BCUT2D eigenvalue weighted by molar-refractivity contribution is 6.64. The van der Waals surface area contributed by atoms with Gasteiger partial charge in [-0.1, -0.05) is 39.0 Å². The van der Waals surface area contributed by atoms with Crippen molar-refractivity contribution in [2.75, 3.05) is 18.4 Å². The molecule has 0 unspecified atom stereocenters. The summed E-state index contributed by atoms with van der Waals surface area (Å²) in [4.78, 5) is 44.3. The van der Waals surface area contributed by atoms with E-state index in [1.165, 1.54) is 24.0 Å². The number of piperidine rings is 1. The third-order valence-electron chi connectivity index (χ3n) is 9.02. The average molecular weight is 650 g/mol. The van der Waals surface area contributed by atoms with E-state index < -0.39 is 18.0 Å². The molecule has 4 heterocycles. The van der Waals surface area contributed by atoms with E-state index in [4.69, 9.17) is 0 Å². The van der Waals surface area contributed by atoms with Crippen LogP contribution in [0.2, 0.25) is 0 Å². The molecule has 0 aliphatic carbocycles. The Morgan fingerprint density at radius 2 is 1.83 bits per heavy atom. The summed E-state index contributed by atoms with van der Waals surface area (Å²) >= 11 is 0.